The molecule has 1 heterocycles. The second-order valence-electron chi connectivity index (χ2n) is 14.6. The number of rotatable bonds is 5. The summed E-state index contributed by atoms with van der Waals surface area (Å²) in [6.45, 7) is 8.98. The second kappa shape index (κ2) is 11.2. The van der Waals surface area contributed by atoms with Crippen LogP contribution in [0.25, 0.3) is 71.3 Å². The predicted octanol–water partition coefficient (Wildman–Crippen LogP) is 13.9. The van der Waals surface area contributed by atoms with Crippen molar-refractivity contribution in [2.75, 3.05) is 4.90 Å². The first-order valence-corrected chi connectivity index (χ1v) is 18.0. The normalized spacial score (nSPS) is 12.1. The van der Waals surface area contributed by atoms with Gasteiger partial charge in [0.15, 0.2) is 0 Å². The third-order valence-electron chi connectivity index (χ3n) is 11.1. The Hall–Kier alpha value is -6.12. The van der Waals surface area contributed by atoms with E-state index in [9.17, 15) is 0 Å². The van der Waals surface area contributed by atoms with E-state index in [1.807, 2.05) is 0 Å². The highest BCUT2D eigenvalue weighted by molar-refractivity contribution is 6.13. The van der Waals surface area contributed by atoms with Crippen molar-refractivity contribution in [1.82, 2.24) is 4.57 Å². The molecule has 1 aromatic heterocycles. The van der Waals surface area contributed by atoms with E-state index in [1.165, 1.54) is 105 Å². The van der Waals surface area contributed by atoms with Crippen molar-refractivity contribution in [3.8, 4) is 27.9 Å². The molecule has 10 rings (SSSR count). The molecular weight excluding hydrogens is 617 g/mol. The lowest BCUT2D eigenvalue weighted by Gasteiger charge is -2.30. The van der Waals surface area contributed by atoms with E-state index in [0.717, 1.165) is 0 Å². The van der Waals surface area contributed by atoms with Gasteiger partial charge >= 0.3 is 0 Å². The summed E-state index contributed by atoms with van der Waals surface area (Å²) < 4.78 is 2.41. The molecule has 0 saturated heterocycles. The minimum Gasteiger partial charge on any atom is -0.310 e. The summed E-state index contributed by atoms with van der Waals surface area (Å²) in [5, 5.41) is 7.63. The van der Waals surface area contributed by atoms with Gasteiger partial charge in [-0.3, -0.25) is 0 Å². The van der Waals surface area contributed by atoms with Gasteiger partial charge in [-0.2, -0.15) is 0 Å². The molecule has 0 unspecified atom stereocenters. The monoisotopic (exact) mass is 654 g/mol. The predicted molar refractivity (Wildman–Crippen MR) is 218 cm³/mol. The second-order valence-corrected chi connectivity index (χ2v) is 14.6. The number of nitrogens with zero attached hydrogens (tertiary/aromatic N) is 2. The average molecular weight is 655 g/mol. The van der Waals surface area contributed by atoms with Gasteiger partial charge in [0.05, 0.1) is 16.7 Å². The van der Waals surface area contributed by atoms with Gasteiger partial charge in [-0.15, -0.1) is 0 Å². The first-order chi connectivity index (χ1) is 24.9. The van der Waals surface area contributed by atoms with Crippen LogP contribution >= 0.6 is 0 Å². The van der Waals surface area contributed by atoms with Crippen LogP contribution in [0.2, 0.25) is 0 Å². The number of hydrogen-bond acceptors (Lipinski definition) is 1. The van der Waals surface area contributed by atoms with Crippen molar-refractivity contribution in [1.29, 1.82) is 0 Å². The zero-order valence-corrected chi connectivity index (χ0v) is 29.4. The molecule has 8 aromatic carbocycles. The van der Waals surface area contributed by atoms with Gasteiger partial charge in [-0.05, 0) is 153 Å². The van der Waals surface area contributed by atoms with E-state index in [2.05, 4.69) is 189 Å². The maximum Gasteiger partial charge on any atom is 0.0541 e. The lowest BCUT2D eigenvalue weighted by molar-refractivity contribution is 0.866. The molecule has 1 aliphatic carbocycles. The molecule has 0 amide bonds. The fraction of sp³-hybridized carbons (Fsp3) is 0.102. The molecule has 0 fully saturated rings. The molecule has 9 aromatic rings. The van der Waals surface area contributed by atoms with E-state index < -0.39 is 0 Å². The Labute approximate surface area is 298 Å². The summed E-state index contributed by atoms with van der Waals surface area (Å²) in [4.78, 5) is 2.45. The Bertz CT molecular complexity index is 2800. The van der Waals surface area contributed by atoms with Gasteiger partial charge < -0.3 is 9.47 Å². The lowest BCUT2D eigenvalue weighted by Crippen LogP contribution is -2.13. The lowest BCUT2D eigenvalue weighted by atomic mass is 9.78. The molecule has 0 radical (unpaired) electrons. The van der Waals surface area contributed by atoms with Gasteiger partial charge in [0.1, 0.15) is 0 Å². The summed E-state index contributed by atoms with van der Waals surface area (Å²) in [6, 6.07) is 56.6. The highest BCUT2D eigenvalue weighted by atomic mass is 15.1. The fourth-order valence-electron chi connectivity index (χ4n) is 8.47. The number of hydrogen-bond donors (Lipinski definition) is 0. The molecule has 0 saturated carbocycles. The third kappa shape index (κ3) is 4.56. The van der Waals surface area contributed by atoms with E-state index in [1.54, 1.807) is 0 Å². The van der Waals surface area contributed by atoms with Gasteiger partial charge in [0.2, 0.25) is 0 Å². The first kappa shape index (κ1) is 29.8. The minimum atomic E-state index is 0.453. The maximum atomic E-state index is 2.45. The standard InChI is InChI=1S/C49H38N2/c1-30(2)33-13-10-14-38(23-33)50(49-31(3)11-9-12-32(49)4)39-21-19-34-26-43-44-27-35-20-22-40(25-37(35)29-46(44)45(43)28-36(34)24-39)51-47-17-7-5-15-41(47)42-16-6-8-18-48(42)51/h5-30H,1-4H3. The molecule has 244 valence electrons. The molecular formula is C49H38N2. The van der Waals surface area contributed by atoms with Crippen LogP contribution < -0.4 is 4.90 Å². The summed E-state index contributed by atoms with van der Waals surface area (Å²) in [7, 11) is 0. The van der Waals surface area contributed by atoms with Crippen LogP contribution in [0.5, 0.6) is 0 Å². The number of anilines is 3. The van der Waals surface area contributed by atoms with Gasteiger partial charge in [-0.25, -0.2) is 0 Å². The molecule has 0 N–H and O–H groups in total. The molecule has 0 atom stereocenters. The fourth-order valence-corrected chi connectivity index (χ4v) is 8.47. The Balaban J connectivity index is 1.10. The molecule has 0 spiro atoms. The number of aryl methyl sites for hydroxylation is 2. The minimum absolute atomic E-state index is 0.453. The molecule has 2 heteroatoms. The van der Waals surface area contributed by atoms with Gasteiger partial charge in [0, 0.05) is 27.8 Å². The van der Waals surface area contributed by atoms with Crippen LogP contribution in [-0.4, -0.2) is 4.57 Å². The van der Waals surface area contributed by atoms with Crippen molar-refractivity contribution >= 4 is 60.4 Å². The van der Waals surface area contributed by atoms with Gasteiger partial charge in [0.25, 0.3) is 0 Å². The number of para-hydroxylation sites is 3. The van der Waals surface area contributed by atoms with Gasteiger partial charge in [-0.1, -0.05) is 92.7 Å². The van der Waals surface area contributed by atoms with Crippen molar-refractivity contribution in [2.45, 2.75) is 33.6 Å². The maximum absolute atomic E-state index is 2.45. The van der Waals surface area contributed by atoms with Crippen LogP contribution in [0.4, 0.5) is 17.1 Å². The summed E-state index contributed by atoms with van der Waals surface area (Å²) >= 11 is 0. The number of aromatic nitrogens is 1. The van der Waals surface area contributed by atoms with Crippen LogP contribution in [0.15, 0.2) is 152 Å². The van der Waals surface area contributed by atoms with E-state index in [4.69, 9.17) is 0 Å². The molecule has 0 aliphatic heterocycles. The zero-order chi connectivity index (χ0) is 34.4. The Morgan fingerprint density at radius 2 is 0.980 bits per heavy atom. The Kier molecular flexibility index (Phi) is 6.54. The van der Waals surface area contributed by atoms with Crippen molar-refractivity contribution < 1.29 is 0 Å². The van der Waals surface area contributed by atoms with Crippen molar-refractivity contribution in [3.63, 3.8) is 0 Å². The topological polar surface area (TPSA) is 8.17 Å². The molecule has 51 heavy (non-hydrogen) atoms. The van der Waals surface area contributed by atoms with E-state index in [0.29, 0.717) is 5.92 Å². The largest absolute Gasteiger partial charge is 0.310 e. The molecule has 0 bridgehead atoms. The third-order valence-corrected chi connectivity index (χ3v) is 11.1. The van der Waals surface area contributed by atoms with Crippen molar-refractivity contribution in [2.24, 2.45) is 0 Å². The van der Waals surface area contributed by atoms with E-state index >= 15 is 0 Å². The van der Waals surface area contributed by atoms with Crippen LogP contribution in [0.3, 0.4) is 0 Å². The Morgan fingerprint density at radius 3 is 1.61 bits per heavy atom. The Morgan fingerprint density at radius 1 is 0.451 bits per heavy atom. The molecule has 1 aliphatic rings. The zero-order valence-electron chi connectivity index (χ0n) is 29.4. The van der Waals surface area contributed by atoms with Crippen LogP contribution in [0.1, 0.15) is 36.5 Å². The summed E-state index contributed by atoms with van der Waals surface area (Å²) in [6.07, 6.45) is 0. The van der Waals surface area contributed by atoms with E-state index in [-0.39, 0.29) is 0 Å². The van der Waals surface area contributed by atoms with Crippen LogP contribution in [-0.2, 0) is 0 Å². The smallest absolute Gasteiger partial charge is 0.0541 e. The molecule has 2 nitrogen and oxygen atoms in total. The SMILES string of the molecule is Cc1cccc(C)c1N(c1cccc(C(C)C)c1)c1ccc2cc3c(cc2c1)-c1cc2cc(-n4c5ccccc5c5ccccc54)ccc2cc1-3. The van der Waals surface area contributed by atoms with Crippen molar-refractivity contribution in [3.05, 3.63) is 168 Å². The highest BCUT2D eigenvalue weighted by Crippen LogP contribution is 2.51. The quantitative estimate of drug-likeness (QED) is 0.179. The highest BCUT2D eigenvalue weighted by Gasteiger charge is 2.25. The van der Waals surface area contributed by atoms with Crippen LogP contribution in [0, 0.1) is 13.8 Å². The number of fused-ring (bicyclic) bond motifs is 9. The summed E-state index contributed by atoms with van der Waals surface area (Å²) in [5.41, 5.74) is 16.5. The average Bonchev–Trinajstić information content (AvgIpc) is 3.49. The summed E-state index contributed by atoms with van der Waals surface area (Å²) in [5.74, 6) is 0.453. The number of benzene rings is 8. The first-order valence-electron chi connectivity index (χ1n) is 18.0.